The Morgan fingerprint density at radius 1 is 1.26 bits per heavy atom. The highest BCUT2D eigenvalue weighted by Gasteiger charge is 2.53. The lowest BCUT2D eigenvalue weighted by Gasteiger charge is -2.37. The monoisotopic (exact) mass is 267 g/mol. The Balaban J connectivity index is 2.01. The summed E-state index contributed by atoms with van der Waals surface area (Å²) in [5.74, 6) is -0.328. The molecule has 2 aliphatic carbocycles. The summed E-state index contributed by atoms with van der Waals surface area (Å²) in [7, 11) is 0. The van der Waals surface area contributed by atoms with E-state index in [0.717, 1.165) is 25.7 Å². The average Bonchev–Trinajstić information content (AvgIpc) is 2.99. The van der Waals surface area contributed by atoms with Crippen LogP contribution in [0.15, 0.2) is 0 Å². The van der Waals surface area contributed by atoms with Crippen LogP contribution < -0.4 is 5.32 Å². The molecule has 0 radical (unpaired) electrons. The van der Waals surface area contributed by atoms with E-state index in [-0.39, 0.29) is 17.2 Å². The number of carbonyl (C=O) groups excluding carboxylic acids is 1. The van der Waals surface area contributed by atoms with Crippen molar-refractivity contribution in [1.29, 1.82) is 0 Å². The molecule has 1 atom stereocenters. The van der Waals surface area contributed by atoms with Crippen LogP contribution in [0.25, 0.3) is 0 Å². The maximum atomic E-state index is 12.2. The van der Waals surface area contributed by atoms with Gasteiger partial charge in [-0.1, -0.05) is 27.2 Å². The Morgan fingerprint density at radius 2 is 1.79 bits per heavy atom. The Morgan fingerprint density at radius 3 is 2.16 bits per heavy atom. The molecule has 108 valence electrons. The van der Waals surface area contributed by atoms with Crippen LogP contribution in [0.3, 0.4) is 0 Å². The van der Waals surface area contributed by atoms with Gasteiger partial charge >= 0.3 is 5.97 Å². The fourth-order valence-corrected chi connectivity index (χ4v) is 3.21. The molecule has 0 aromatic rings. The quantitative estimate of drug-likeness (QED) is 0.822. The first-order chi connectivity index (χ1) is 8.81. The minimum atomic E-state index is -1.01. The minimum Gasteiger partial charge on any atom is -0.480 e. The molecule has 4 nitrogen and oxygen atoms in total. The predicted octanol–water partition coefficient (Wildman–Crippen LogP) is 2.57. The van der Waals surface area contributed by atoms with Crippen LogP contribution in [-0.2, 0) is 9.59 Å². The molecule has 1 amide bonds. The summed E-state index contributed by atoms with van der Waals surface area (Å²) < 4.78 is 0. The van der Waals surface area contributed by atoms with Crippen molar-refractivity contribution in [2.75, 3.05) is 0 Å². The van der Waals surface area contributed by atoms with Gasteiger partial charge in [0.25, 0.3) is 0 Å². The van der Waals surface area contributed by atoms with Gasteiger partial charge in [-0.25, -0.2) is 4.79 Å². The number of nitrogens with one attached hydrogen (secondary N) is 1. The van der Waals surface area contributed by atoms with Crippen LogP contribution in [-0.4, -0.2) is 22.5 Å². The zero-order valence-corrected chi connectivity index (χ0v) is 12.2. The van der Waals surface area contributed by atoms with Gasteiger partial charge < -0.3 is 10.4 Å². The molecule has 0 bridgehead atoms. The van der Waals surface area contributed by atoms with Crippen molar-refractivity contribution in [2.24, 2.45) is 17.3 Å². The fraction of sp³-hybridized carbons (Fsp3) is 0.867. The third kappa shape index (κ3) is 2.77. The van der Waals surface area contributed by atoms with E-state index in [1.165, 1.54) is 0 Å². The summed E-state index contributed by atoms with van der Waals surface area (Å²) in [6.07, 6.45) is 4.90. The molecule has 2 N–H and O–H groups in total. The van der Waals surface area contributed by atoms with Gasteiger partial charge in [-0.15, -0.1) is 0 Å². The third-order valence-electron chi connectivity index (χ3n) is 5.14. The van der Waals surface area contributed by atoms with Crippen LogP contribution >= 0.6 is 0 Å². The van der Waals surface area contributed by atoms with Crippen LogP contribution in [0, 0.1) is 17.3 Å². The van der Waals surface area contributed by atoms with E-state index in [0.29, 0.717) is 18.8 Å². The lowest BCUT2D eigenvalue weighted by molar-refractivity contribution is -0.150. The Hall–Kier alpha value is -1.06. The van der Waals surface area contributed by atoms with Crippen LogP contribution in [0.4, 0.5) is 0 Å². The second-order valence-corrected chi connectivity index (χ2v) is 6.97. The highest BCUT2D eigenvalue weighted by atomic mass is 16.4. The highest BCUT2D eigenvalue weighted by molar-refractivity contribution is 5.89. The van der Waals surface area contributed by atoms with Gasteiger partial charge in [0.15, 0.2) is 0 Å². The van der Waals surface area contributed by atoms with Gasteiger partial charge in [-0.05, 0) is 43.4 Å². The number of carboxylic acid groups (broad SMARTS) is 1. The molecule has 0 spiro atoms. The number of amides is 1. The number of hydrogen-bond acceptors (Lipinski definition) is 2. The maximum absolute atomic E-state index is 12.2. The number of carbonyl (C=O) groups is 2. The summed E-state index contributed by atoms with van der Waals surface area (Å²) in [6, 6.07) is 0. The second kappa shape index (κ2) is 4.80. The topological polar surface area (TPSA) is 66.4 Å². The van der Waals surface area contributed by atoms with E-state index in [1.54, 1.807) is 0 Å². The molecule has 0 aliphatic heterocycles. The lowest BCUT2D eigenvalue weighted by Crippen LogP contribution is -2.57. The SMILES string of the molecule is CCC1CCC(NC(=O)[C@H]2CC2(C)C)(C(=O)O)CC1. The molecule has 0 saturated heterocycles. The van der Waals surface area contributed by atoms with Crippen LogP contribution in [0.2, 0.25) is 0 Å². The maximum Gasteiger partial charge on any atom is 0.329 e. The molecule has 2 saturated carbocycles. The van der Waals surface area contributed by atoms with Crippen molar-refractivity contribution in [3.05, 3.63) is 0 Å². The van der Waals surface area contributed by atoms with Gasteiger partial charge in [0.05, 0.1) is 0 Å². The molecule has 0 heterocycles. The first-order valence-electron chi connectivity index (χ1n) is 7.36. The van der Waals surface area contributed by atoms with Gasteiger partial charge in [-0.2, -0.15) is 0 Å². The average molecular weight is 267 g/mol. The van der Waals surface area contributed by atoms with Crippen molar-refractivity contribution in [1.82, 2.24) is 5.32 Å². The third-order valence-corrected chi connectivity index (χ3v) is 5.14. The van der Waals surface area contributed by atoms with Crippen LogP contribution in [0.5, 0.6) is 0 Å². The van der Waals surface area contributed by atoms with E-state index < -0.39 is 11.5 Å². The van der Waals surface area contributed by atoms with E-state index in [1.807, 2.05) is 0 Å². The number of hydrogen-bond donors (Lipinski definition) is 2. The van der Waals surface area contributed by atoms with Gasteiger partial charge in [-0.3, -0.25) is 4.79 Å². The molecule has 19 heavy (non-hydrogen) atoms. The van der Waals surface area contributed by atoms with Crippen molar-refractivity contribution in [3.8, 4) is 0 Å². The first kappa shape index (κ1) is 14.4. The first-order valence-corrected chi connectivity index (χ1v) is 7.36. The van der Waals surface area contributed by atoms with Gasteiger partial charge in [0.2, 0.25) is 5.91 Å². The summed E-state index contributed by atoms with van der Waals surface area (Å²) in [6.45, 7) is 6.25. The Bertz CT molecular complexity index is 381. The summed E-state index contributed by atoms with van der Waals surface area (Å²) in [4.78, 5) is 23.8. The number of carboxylic acids is 1. The van der Waals surface area contributed by atoms with E-state index >= 15 is 0 Å². The summed E-state index contributed by atoms with van der Waals surface area (Å²) in [5, 5.41) is 12.4. The number of aliphatic carboxylic acids is 1. The van der Waals surface area contributed by atoms with Crippen molar-refractivity contribution in [3.63, 3.8) is 0 Å². The van der Waals surface area contributed by atoms with Crippen molar-refractivity contribution >= 4 is 11.9 Å². The molecule has 2 rings (SSSR count). The van der Waals surface area contributed by atoms with Gasteiger partial charge in [0, 0.05) is 5.92 Å². The minimum absolute atomic E-state index is 0.00683. The lowest BCUT2D eigenvalue weighted by atomic mass is 9.75. The standard InChI is InChI=1S/C15H25NO3/c1-4-10-5-7-15(8-6-10,13(18)19)16-12(17)11-9-14(11,2)3/h10-11H,4-9H2,1-3H3,(H,16,17)(H,18,19)/t10?,11-,15?/m1/s1. The van der Waals surface area contributed by atoms with Crippen LogP contribution in [0.1, 0.15) is 59.3 Å². The smallest absolute Gasteiger partial charge is 0.329 e. The largest absolute Gasteiger partial charge is 0.480 e. The molecular weight excluding hydrogens is 242 g/mol. The normalized spacial score (nSPS) is 36.6. The molecule has 2 aliphatic rings. The molecule has 2 fully saturated rings. The van der Waals surface area contributed by atoms with E-state index in [4.69, 9.17) is 0 Å². The Kier molecular flexibility index (Phi) is 3.63. The molecule has 4 heteroatoms. The van der Waals surface area contributed by atoms with E-state index in [2.05, 4.69) is 26.1 Å². The van der Waals surface area contributed by atoms with Crippen molar-refractivity contribution < 1.29 is 14.7 Å². The summed E-state index contributed by atoms with van der Waals surface area (Å²) >= 11 is 0. The molecule has 0 aromatic carbocycles. The molecular formula is C15H25NO3. The predicted molar refractivity (Wildman–Crippen MR) is 72.6 cm³/mol. The number of rotatable bonds is 4. The highest BCUT2D eigenvalue weighted by Crippen LogP contribution is 2.52. The zero-order chi connectivity index (χ0) is 14.3. The summed E-state index contributed by atoms with van der Waals surface area (Å²) in [5.41, 5.74) is -0.966. The zero-order valence-electron chi connectivity index (χ0n) is 12.2. The van der Waals surface area contributed by atoms with Crippen molar-refractivity contribution in [2.45, 2.75) is 64.8 Å². The molecule has 0 aromatic heterocycles. The van der Waals surface area contributed by atoms with Gasteiger partial charge in [0.1, 0.15) is 5.54 Å². The molecule has 0 unspecified atom stereocenters. The van der Waals surface area contributed by atoms with E-state index in [9.17, 15) is 14.7 Å². The fourth-order valence-electron chi connectivity index (χ4n) is 3.21. The Labute approximate surface area is 115 Å². The second-order valence-electron chi connectivity index (χ2n) is 6.97.